The fraction of sp³-hybridized carbons (Fsp3) is 0.0952. The molecule has 0 radical (unpaired) electrons. The van der Waals surface area contributed by atoms with Crippen LogP contribution in [0, 0.1) is 5.82 Å². The van der Waals surface area contributed by atoms with E-state index in [1.165, 1.54) is 42.5 Å². The molecule has 0 heterocycles. The molecule has 0 aromatic heterocycles. The highest BCUT2D eigenvalue weighted by Gasteiger charge is 2.17. The summed E-state index contributed by atoms with van der Waals surface area (Å²) in [6.07, 6.45) is 0. The van der Waals surface area contributed by atoms with Gasteiger partial charge in [-0.3, -0.25) is 9.52 Å². The average Bonchev–Trinajstić information content (AvgIpc) is 2.71. The maximum absolute atomic E-state index is 13.7. The third kappa shape index (κ3) is 5.11. The molecule has 0 aliphatic heterocycles. The normalized spacial score (nSPS) is 11.0. The molecule has 6 nitrogen and oxygen atoms in total. The molecule has 0 aliphatic carbocycles. The summed E-state index contributed by atoms with van der Waals surface area (Å²) < 4.78 is 46.1. The minimum Gasteiger partial charge on any atom is -0.494 e. The zero-order valence-electron chi connectivity index (χ0n) is 15.6. The summed E-state index contributed by atoms with van der Waals surface area (Å²) in [7, 11) is -3.98. The van der Waals surface area contributed by atoms with Gasteiger partial charge in [-0.2, -0.15) is 0 Å². The predicted octanol–water partition coefficient (Wildman–Crippen LogP) is 4.28. The lowest BCUT2D eigenvalue weighted by molar-refractivity contribution is 0.102. The van der Waals surface area contributed by atoms with E-state index in [1.807, 2.05) is 6.92 Å². The van der Waals surface area contributed by atoms with Crippen molar-refractivity contribution in [2.45, 2.75) is 11.8 Å². The molecule has 3 aromatic rings. The largest absolute Gasteiger partial charge is 0.494 e. The van der Waals surface area contributed by atoms with E-state index in [4.69, 9.17) is 4.74 Å². The second-order valence-corrected chi connectivity index (χ2v) is 7.70. The lowest BCUT2D eigenvalue weighted by Crippen LogP contribution is -2.15. The van der Waals surface area contributed by atoms with Crippen molar-refractivity contribution < 1.29 is 22.3 Å². The van der Waals surface area contributed by atoms with Crippen LogP contribution in [-0.2, 0) is 10.0 Å². The molecule has 0 saturated heterocycles. The van der Waals surface area contributed by atoms with Gasteiger partial charge in [0.05, 0.1) is 17.2 Å². The van der Waals surface area contributed by atoms with E-state index in [2.05, 4.69) is 10.0 Å². The molecular weight excluding hydrogens is 395 g/mol. The summed E-state index contributed by atoms with van der Waals surface area (Å²) in [6.45, 7) is 2.43. The van der Waals surface area contributed by atoms with Crippen molar-refractivity contribution >= 4 is 27.3 Å². The molecule has 0 saturated carbocycles. The number of nitrogens with one attached hydrogen (secondary N) is 2. The minimum atomic E-state index is -3.98. The van der Waals surface area contributed by atoms with Crippen molar-refractivity contribution in [1.29, 1.82) is 0 Å². The van der Waals surface area contributed by atoms with E-state index in [0.717, 1.165) is 6.07 Å². The highest BCUT2D eigenvalue weighted by molar-refractivity contribution is 7.92. The number of carbonyl (C=O) groups is 1. The minimum absolute atomic E-state index is 0.0848. The molecule has 0 unspecified atom stereocenters. The Morgan fingerprint density at radius 2 is 1.62 bits per heavy atom. The molecule has 8 heteroatoms. The number of rotatable bonds is 7. The molecule has 0 aliphatic rings. The van der Waals surface area contributed by atoms with Crippen LogP contribution in [0.4, 0.5) is 15.8 Å². The van der Waals surface area contributed by atoms with E-state index in [-0.39, 0.29) is 22.1 Å². The monoisotopic (exact) mass is 414 g/mol. The number of ether oxygens (including phenoxy) is 1. The lowest BCUT2D eigenvalue weighted by Gasteiger charge is -2.10. The van der Waals surface area contributed by atoms with Gasteiger partial charge in [0.2, 0.25) is 0 Å². The Bertz CT molecular complexity index is 1100. The number of para-hydroxylation sites is 1. The van der Waals surface area contributed by atoms with E-state index in [0.29, 0.717) is 18.0 Å². The quantitative estimate of drug-likeness (QED) is 0.604. The first-order valence-electron chi connectivity index (χ1n) is 8.80. The fourth-order valence-electron chi connectivity index (χ4n) is 2.54. The van der Waals surface area contributed by atoms with Crippen LogP contribution in [0.3, 0.4) is 0 Å². The first-order valence-corrected chi connectivity index (χ1v) is 10.3. The van der Waals surface area contributed by atoms with Gasteiger partial charge in [0.15, 0.2) is 0 Å². The Morgan fingerprint density at radius 1 is 0.966 bits per heavy atom. The Hall–Kier alpha value is -3.39. The molecule has 1 amide bonds. The first-order chi connectivity index (χ1) is 13.9. The van der Waals surface area contributed by atoms with E-state index in [9.17, 15) is 17.6 Å². The molecular formula is C21H19FN2O4S. The second kappa shape index (κ2) is 8.74. The van der Waals surface area contributed by atoms with Gasteiger partial charge in [-0.05, 0) is 67.6 Å². The Labute approximate surface area is 168 Å². The fourth-order valence-corrected chi connectivity index (χ4v) is 3.60. The number of sulfonamides is 1. The van der Waals surface area contributed by atoms with Gasteiger partial charge in [-0.1, -0.05) is 12.1 Å². The maximum Gasteiger partial charge on any atom is 0.261 e. The Morgan fingerprint density at radius 3 is 2.24 bits per heavy atom. The van der Waals surface area contributed by atoms with Gasteiger partial charge in [-0.15, -0.1) is 0 Å². The highest BCUT2D eigenvalue weighted by Crippen LogP contribution is 2.20. The molecule has 3 rings (SSSR count). The molecule has 0 fully saturated rings. The van der Waals surface area contributed by atoms with Gasteiger partial charge < -0.3 is 10.1 Å². The predicted molar refractivity (Wildman–Crippen MR) is 109 cm³/mol. The van der Waals surface area contributed by atoms with E-state index in [1.54, 1.807) is 24.3 Å². The van der Waals surface area contributed by atoms with Gasteiger partial charge in [0, 0.05) is 11.3 Å². The topological polar surface area (TPSA) is 84.5 Å². The smallest absolute Gasteiger partial charge is 0.261 e. The van der Waals surface area contributed by atoms with Crippen LogP contribution >= 0.6 is 0 Å². The number of benzene rings is 3. The van der Waals surface area contributed by atoms with Crippen LogP contribution < -0.4 is 14.8 Å². The summed E-state index contributed by atoms with van der Waals surface area (Å²) >= 11 is 0. The van der Waals surface area contributed by atoms with Crippen molar-refractivity contribution in [2.24, 2.45) is 0 Å². The molecule has 0 spiro atoms. The van der Waals surface area contributed by atoms with Crippen LogP contribution in [0.25, 0.3) is 0 Å². The summed E-state index contributed by atoms with van der Waals surface area (Å²) in [5, 5.41) is 2.72. The van der Waals surface area contributed by atoms with Crippen LogP contribution in [-0.4, -0.2) is 20.9 Å². The number of halogens is 1. The SMILES string of the molecule is CCOc1ccc(NC(=O)c2ccc(S(=O)(=O)Nc3ccccc3F)cc2)cc1. The zero-order chi connectivity index (χ0) is 20.9. The number of hydrogen-bond acceptors (Lipinski definition) is 4. The van der Waals surface area contributed by atoms with Crippen molar-refractivity contribution in [3.05, 3.63) is 84.2 Å². The van der Waals surface area contributed by atoms with Gasteiger partial charge in [-0.25, -0.2) is 12.8 Å². The van der Waals surface area contributed by atoms with Crippen LogP contribution in [0.1, 0.15) is 17.3 Å². The van der Waals surface area contributed by atoms with Crippen LogP contribution in [0.5, 0.6) is 5.75 Å². The Balaban J connectivity index is 1.70. The summed E-state index contributed by atoms with van der Waals surface area (Å²) in [6, 6.07) is 17.7. The molecule has 150 valence electrons. The van der Waals surface area contributed by atoms with Crippen molar-refractivity contribution in [1.82, 2.24) is 0 Å². The van der Waals surface area contributed by atoms with E-state index < -0.39 is 15.8 Å². The molecule has 0 atom stereocenters. The van der Waals surface area contributed by atoms with Gasteiger partial charge in [0.1, 0.15) is 11.6 Å². The van der Waals surface area contributed by atoms with Crippen LogP contribution in [0.15, 0.2) is 77.7 Å². The number of anilines is 2. The third-order valence-electron chi connectivity index (χ3n) is 3.97. The van der Waals surface area contributed by atoms with E-state index >= 15 is 0 Å². The van der Waals surface area contributed by atoms with Gasteiger partial charge >= 0.3 is 0 Å². The average molecular weight is 414 g/mol. The molecule has 2 N–H and O–H groups in total. The van der Waals surface area contributed by atoms with Crippen LogP contribution in [0.2, 0.25) is 0 Å². The number of hydrogen-bond donors (Lipinski definition) is 2. The van der Waals surface area contributed by atoms with Gasteiger partial charge in [0.25, 0.3) is 15.9 Å². The third-order valence-corrected chi connectivity index (χ3v) is 5.35. The van der Waals surface area contributed by atoms with Crippen molar-refractivity contribution in [3.63, 3.8) is 0 Å². The highest BCUT2D eigenvalue weighted by atomic mass is 32.2. The summed E-state index contributed by atoms with van der Waals surface area (Å²) in [5.41, 5.74) is 0.713. The molecule has 0 bridgehead atoms. The maximum atomic E-state index is 13.7. The second-order valence-electron chi connectivity index (χ2n) is 6.02. The standard InChI is InChI=1S/C21H19FN2O4S/c1-2-28-17-11-9-16(10-12-17)23-21(25)15-7-13-18(14-8-15)29(26,27)24-20-6-4-3-5-19(20)22/h3-14,24H,2H2,1H3,(H,23,25). The summed E-state index contributed by atoms with van der Waals surface area (Å²) in [5.74, 6) is -0.370. The molecule has 3 aromatic carbocycles. The lowest BCUT2D eigenvalue weighted by atomic mass is 10.2. The molecule has 29 heavy (non-hydrogen) atoms. The number of amides is 1. The Kier molecular flexibility index (Phi) is 6.13. The summed E-state index contributed by atoms with van der Waals surface area (Å²) in [4.78, 5) is 12.3. The van der Waals surface area contributed by atoms with Crippen molar-refractivity contribution in [2.75, 3.05) is 16.6 Å². The first kappa shape index (κ1) is 20.3. The number of carbonyl (C=O) groups excluding carboxylic acids is 1. The zero-order valence-corrected chi connectivity index (χ0v) is 16.4. The van der Waals surface area contributed by atoms with Crippen molar-refractivity contribution in [3.8, 4) is 5.75 Å².